The van der Waals surface area contributed by atoms with Crippen molar-refractivity contribution in [1.29, 1.82) is 0 Å². The van der Waals surface area contributed by atoms with E-state index in [1.807, 2.05) is 18.2 Å². The molecule has 1 aliphatic heterocycles. The van der Waals surface area contributed by atoms with Crippen LogP contribution in [0.25, 0.3) is 10.9 Å². The average molecular weight is 412 g/mol. The maximum absolute atomic E-state index is 12.8. The molecule has 0 unspecified atom stereocenters. The summed E-state index contributed by atoms with van der Waals surface area (Å²) in [6.45, 7) is 2.80. The number of carbonyl (C=O) groups is 1. The predicted molar refractivity (Wildman–Crippen MR) is 124 cm³/mol. The molecule has 0 aliphatic carbocycles. The number of carbonyl (C=O) groups excluding carboxylic acids is 1. The lowest BCUT2D eigenvalue weighted by Crippen LogP contribution is -2.30. The van der Waals surface area contributed by atoms with Gasteiger partial charge in [-0.2, -0.15) is 0 Å². The van der Waals surface area contributed by atoms with Crippen molar-refractivity contribution in [2.75, 3.05) is 19.0 Å². The maximum Gasteiger partial charge on any atom is 0.259 e. The first-order valence-corrected chi connectivity index (χ1v) is 10.5. The standard InChI is InChI=1S/C26H25N3O2/c1-31-25-9-5-3-7-23(25)26(30)28-21-11-10-18-12-13-29(16-19(18)14-21)17-20-15-27-24-8-4-2-6-22(20)24/h2-11,14-15,27H,12-13,16-17H2,1H3,(H,28,30). The second kappa shape index (κ2) is 8.28. The number of hydrogen-bond donors (Lipinski definition) is 2. The number of fused-ring (bicyclic) bond motifs is 2. The van der Waals surface area contributed by atoms with Gasteiger partial charge in [0.25, 0.3) is 5.91 Å². The number of aromatic amines is 1. The van der Waals surface area contributed by atoms with Crippen molar-refractivity contribution in [2.24, 2.45) is 0 Å². The zero-order valence-corrected chi connectivity index (χ0v) is 17.5. The van der Waals surface area contributed by atoms with E-state index in [2.05, 4.69) is 57.8 Å². The van der Waals surface area contributed by atoms with Gasteiger partial charge in [-0.1, -0.05) is 36.4 Å². The van der Waals surface area contributed by atoms with E-state index in [0.29, 0.717) is 11.3 Å². The summed E-state index contributed by atoms with van der Waals surface area (Å²) >= 11 is 0. The minimum atomic E-state index is -0.163. The van der Waals surface area contributed by atoms with E-state index in [1.54, 1.807) is 19.2 Å². The third-order valence-corrected chi connectivity index (χ3v) is 5.98. The maximum atomic E-state index is 12.8. The molecule has 0 atom stereocenters. The molecule has 0 saturated heterocycles. The van der Waals surface area contributed by atoms with Gasteiger partial charge in [0.15, 0.2) is 0 Å². The van der Waals surface area contributed by atoms with Crippen LogP contribution in [0.3, 0.4) is 0 Å². The van der Waals surface area contributed by atoms with Gasteiger partial charge in [-0.25, -0.2) is 0 Å². The number of para-hydroxylation sites is 2. The molecule has 2 heterocycles. The Morgan fingerprint density at radius 1 is 1.06 bits per heavy atom. The molecule has 3 aromatic carbocycles. The summed E-state index contributed by atoms with van der Waals surface area (Å²) in [4.78, 5) is 18.6. The van der Waals surface area contributed by atoms with Crippen LogP contribution in [0.2, 0.25) is 0 Å². The molecule has 5 nitrogen and oxygen atoms in total. The summed E-state index contributed by atoms with van der Waals surface area (Å²) in [5.74, 6) is 0.409. The Balaban J connectivity index is 1.32. The number of methoxy groups -OCH3 is 1. The van der Waals surface area contributed by atoms with Crippen LogP contribution in [-0.4, -0.2) is 29.4 Å². The molecule has 0 radical (unpaired) electrons. The van der Waals surface area contributed by atoms with Crippen molar-refractivity contribution >= 4 is 22.5 Å². The molecule has 1 amide bonds. The van der Waals surface area contributed by atoms with E-state index in [1.165, 1.54) is 27.6 Å². The first kappa shape index (κ1) is 19.4. The highest BCUT2D eigenvalue weighted by Crippen LogP contribution is 2.27. The van der Waals surface area contributed by atoms with Crippen LogP contribution in [0.4, 0.5) is 5.69 Å². The highest BCUT2D eigenvalue weighted by Gasteiger charge is 2.19. The van der Waals surface area contributed by atoms with Crippen LogP contribution >= 0.6 is 0 Å². The first-order chi connectivity index (χ1) is 15.2. The number of aromatic nitrogens is 1. The molecule has 1 aliphatic rings. The van der Waals surface area contributed by atoms with Gasteiger partial charge in [-0.15, -0.1) is 0 Å². The SMILES string of the molecule is COc1ccccc1C(=O)Nc1ccc2c(c1)CN(Cc1c[nH]c3ccccc13)CC2. The second-order valence-electron chi connectivity index (χ2n) is 7.96. The van der Waals surface area contributed by atoms with Crippen molar-refractivity contribution in [1.82, 2.24) is 9.88 Å². The van der Waals surface area contributed by atoms with Gasteiger partial charge in [0.2, 0.25) is 0 Å². The van der Waals surface area contributed by atoms with Crippen LogP contribution in [0, 0.1) is 0 Å². The lowest BCUT2D eigenvalue weighted by atomic mass is 9.98. The molecular formula is C26H25N3O2. The number of ether oxygens (including phenoxy) is 1. The number of hydrogen-bond acceptors (Lipinski definition) is 3. The van der Waals surface area contributed by atoms with Crippen molar-refractivity contribution in [3.05, 3.63) is 95.2 Å². The molecule has 0 bridgehead atoms. The van der Waals surface area contributed by atoms with E-state index in [0.717, 1.165) is 31.7 Å². The lowest BCUT2D eigenvalue weighted by molar-refractivity contribution is 0.102. The van der Waals surface area contributed by atoms with Gasteiger partial charge in [-0.05, 0) is 53.4 Å². The van der Waals surface area contributed by atoms with Gasteiger partial charge in [0, 0.05) is 42.4 Å². The number of nitrogens with one attached hydrogen (secondary N) is 2. The molecule has 4 aromatic rings. The van der Waals surface area contributed by atoms with Gasteiger partial charge in [0.05, 0.1) is 12.7 Å². The summed E-state index contributed by atoms with van der Waals surface area (Å²) in [5, 5.41) is 4.31. The lowest BCUT2D eigenvalue weighted by Gasteiger charge is -2.29. The number of H-pyrrole nitrogens is 1. The summed E-state index contributed by atoms with van der Waals surface area (Å²) < 4.78 is 5.32. The number of anilines is 1. The largest absolute Gasteiger partial charge is 0.496 e. The third-order valence-electron chi connectivity index (χ3n) is 5.98. The molecular weight excluding hydrogens is 386 g/mol. The Morgan fingerprint density at radius 3 is 2.81 bits per heavy atom. The van der Waals surface area contributed by atoms with Crippen molar-refractivity contribution in [3.8, 4) is 5.75 Å². The predicted octanol–water partition coefficient (Wildman–Crippen LogP) is 4.99. The Labute approximate surface area is 181 Å². The van der Waals surface area contributed by atoms with E-state index in [4.69, 9.17) is 4.74 Å². The number of rotatable bonds is 5. The van der Waals surface area contributed by atoms with Gasteiger partial charge < -0.3 is 15.0 Å². The van der Waals surface area contributed by atoms with Crippen LogP contribution in [0.1, 0.15) is 27.0 Å². The molecule has 5 heteroatoms. The molecule has 1 aromatic heterocycles. The Kier molecular flexibility index (Phi) is 5.18. The van der Waals surface area contributed by atoms with Gasteiger partial charge in [-0.3, -0.25) is 9.69 Å². The second-order valence-corrected chi connectivity index (χ2v) is 7.96. The van der Waals surface area contributed by atoms with E-state index in [9.17, 15) is 4.79 Å². The summed E-state index contributed by atoms with van der Waals surface area (Å²) in [7, 11) is 1.58. The van der Waals surface area contributed by atoms with Crippen LogP contribution in [0.15, 0.2) is 72.9 Å². The van der Waals surface area contributed by atoms with E-state index >= 15 is 0 Å². The fourth-order valence-corrected chi connectivity index (χ4v) is 4.36. The van der Waals surface area contributed by atoms with Crippen molar-refractivity contribution < 1.29 is 9.53 Å². The fourth-order valence-electron chi connectivity index (χ4n) is 4.36. The molecule has 0 fully saturated rings. The summed E-state index contributed by atoms with van der Waals surface area (Å²) in [5.41, 5.74) is 6.46. The molecule has 0 saturated carbocycles. The Morgan fingerprint density at radius 2 is 1.90 bits per heavy atom. The van der Waals surface area contributed by atoms with Crippen LogP contribution < -0.4 is 10.1 Å². The first-order valence-electron chi connectivity index (χ1n) is 10.5. The van der Waals surface area contributed by atoms with E-state index < -0.39 is 0 Å². The number of amides is 1. The summed E-state index contributed by atoms with van der Waals surface area (Å²) in [6.07, 6.45) is 3.13. The molecule has 2 N–H and O–H groups in total. The topological polar surface area (TPSA) is 57.4 Å². The monoisotopic (exact) mass is 411 g/mol. The minimum absolute atomic E-state index is 0.163. The zero-order valence-electron chi connectivity index (χ0n) is 17.5. The zero-order chi connectivity index (χ0) is 21.2. The smallest absolute Gasteiger partial charge is 0.259 e. The average Bonchev–Trinajstić information content (AvgIpc) is 3.21. The quantitative estimate of drug-likeness (QED) is 0.487. The Hall–Kier alpha value is -3.57. The Bertz CT molecular complexity index is 1240. The number of benzene rings is 3. The normalized spacial score (nSPS) is 13.7. The molecule has 0 spiro atoms. The summed E-state index contributed by atoms with van der Waals surface area (Å²) in [6, 6.07) is 21.9. The molecule has 5 rings (SSSR count). The number of nitrogens with zero attached hydrogens (tertiary/aromatic N) is 1. The van der Waals surface area contributed by atoms with Crippen molar-refractivity contribution in [3.63, 3.8) is 0 Å². The molecule has 156 valence electrons. The highest BCUT2D eigenvalue weighted by molar-refractivity contribution is 6.06. The highest BCUT2D eigenvalue weighted by atomic mass is 16.5. The van der Waals surface area contributed by atoms with Gasteiger partial charge in [0.1, 0.15) is 5.75 Å². The molecule has 31 heavy (non-hydrogen) atoms. The van der Waals surface area contributed by atoms with Gasteiger partial charge >= 0.3 is 0 Å². The van der Waals surface area contributed by atoms with E-state index in [-0.39, 0.29) is 5.91 Å². The minimum Gasteiger partial charge on any atom is -0.496 e. The van der Waals surface area contributed by atoms with Crippen LogP contribution in [0.5, 0.6) is 5.75 Å². The van der Waals surface area contributed by atoms with Crippen LogP contribution in [-0.2, 0) is 19.5 Å². The third kappa shape index (κ3) is 3.92. The fraction of sp³-hybridized carbons (Fsp3) is 0.192. The van der Waals surface area contributed by atoms with Crippen molar-refractivity contribution in [2.45, 2.75) is 19.5 Å².